The van der Waals surface area contributed by atoms with E-state index in [4.69, 9.17) is 5.84 Å². The zero-order chi connectivity index (χ0) is 12.1. The zero-order valence-corrected chi connectivity index (χ0v) is 9.15. The average Bonchev–Trinajstić information content (AvgIpc) is 2.23. The lowest BCUT2D eigenvalue weighted by atomic mass is 10.5. The van der Waals surface area contributed by atoms with Gasteiger partial charge in [0.2, 0.25) is 11.9 Å². The van der Waals surface area contributed by atoms with Crippen LogP contribution in [0.4, 0.5) is 5.95 Å². The maximum atomic E-state index is 11.4. The molecule has 1 rings (SSSR count). The summed E-state index contributed by atoms with van der Waals surface area (Å²) < 4.78 is 0.885. The molecule has 0 unspecified atom stereocenters. The predicted octanol–water partition coefficient (Wildman–Crippen LogP) is -1.79. The molecule has 16 heavy (non-hydrogen) atoms. The van der Waals surface area contributed by atoms with E-state index < -0.39 is 5.56 Å². The molecule has 8 heteroatoms. The molecule has 0 aliphatic rings. The largest absolute Gasteiger partial charge is 0.355 e. The van der Waals surface area contributed by atoms with Crippen LogP contribution in [0.5, 0.6) is 0 Å². The summed E-state index contributed by atoms with van der Waals surface area (Å²) >= 11 is 0. The minimum absolute atomic E-state index is 0.123. The van der Waals surface area contributed by atoms with E-state index in [1.807, 2.05) is 0 Å². The van der Waals surface area contributed by atoms with Crippen LogP contribution >= 0.6 is 0 Å². The van der Waals surface area contributed by atoms with Crippen LogP contribution in [0.25, 0.3) is 0 Å². The first kappa shape index (κ1) is 12.0. The molecule has 0 aliphatic carbocycles. The second-order valence-electron chi connectivity index (χ2n) is 3.19. The van der Waals surface area contributed by atoms with Crippen molar-refractivity contribution < 1.29 is 4.79 Å². The topological polar surface area (TPSA) is 115 Å². The summed E-state index contributed by atoms with van der Waals surface area (Å²) in [4.78, 5) is 21.9. The van der Waals surface area contributed by atoms with Crippen molar-refractivity contribution in [2.24, 2.45) is 0 Å². The number of carbonyl (C=O) groups is 1. The molecule has 0 saturated heterocycles. The minimum atomic E-state index is -0.406. The van der Waals surface area contributed by atoms with Crippen molar-refractivity contribution in [3.05, 3.63) is 16.0 Å². The first-order valence-electron chi connectivity index (χ1n) is 4.72. The van der Waals surface area contributed by atoms with Gasteiger partial charge < -0.3 is 16.5 Å². The molecule has 1 amide bonds. The van der Waals surface area contributed by atoms with Gasteiger partial charge in [-0.15, -0.1) is 10.2 Å². The lowest BCUT2D eigenvalue weighted by molar-refractivity contribution is -0.118. The lowest BCUT2D eigenvalue weighted by Crippen LogP contribution is -2.35. The fourth-order valence-corrected chi connectivity index (χ4v) is 1.02. The van der Waals surface area contributed by atoms with Crippen LogP contribution in [0.15, 0.2) is 4.79 Å². The highest BCUT2D eigenvalue weighted by Crippen LogP contribution is 1.92. The first-order chi connectivity index (χ1) is 7.52. The number of hydrogen-bond acceptors (Lipinski definition) is 6. The van der Waals surface area contributed by atoms with Gasteiger partial charge in [-0.25, -0.2) is 0 Å². The molecule has 0 spiro atoms. The first-order valence-corrected chi connectivity index (χ1v) is 4.72. The number of anilines is 1. The molecule has 0 aromatic carbocycles. The SMILES string of the molecule is CC(=O)NCCNc1nnc(C)c(=O)n1N. The Kier molecular flexibility index (Phi) is 3.81. The number of aromatic nitrogens is 3. The van der Waals surface area contributed by atoms with Crippen LogP contribution in [-0.2, 0) is 4.79 Å². The summed E-state index contributed by atoms with van der Waals surface area (Å²) in [5.74, 6) is 5.52. The third kappa shape index (κ3) is 2.94. The van der Waals surface area contributed by atoms with E-state index in [9.17, 15) is 9.59 Å². The van der Waals surface area contributed by atoms with E-state index in [0.717, 1.165) is 4.68 Å². The Balaban J connectivity index is 2.58. The van der Waals surface area contributed by atoms with E-state index in [2.05, 4.69) is 20.8 Å². The molecule has 88 valence electrons. The van der Waals surface area contributed by atoms with Gasteiger partial charge in [0.05, 0.1) is 0 Å². The molecular formula is C8H14N6O2. The Hall–Kier alpha value is -2.12. The summed E-state index contributed by atoms with van der Waals surface area (Å²) in [5.41, 5.74) is -0.174. The number of amides is 1. The molecular weight excluding hydrogens is 212 g/mol. The van der Waals surface area contributed by atoms with E-state index in [1.54, 1.807) is 0 Å². The van der Waals surface area contributed by atoms with Crippen molar-refractivity contribution in [3.63, 3.8) is 0 Å². The molecule has 1 aromatic rings. The van der Waals surface area contributed by atoms with Gasteiger partial charge in [-0.1, -0.05) is 0 Å². The van der Waals surface area contributed by atoms with Gasteiger partial charge in [0, 0.05) is 20.0 Å². The minimum Gasteiger partial charge on any atom is -0.355 e. The molecule has 0 atom stereocenters. The third-order valence-electron chi connectivity index (χ3n) is 1.83. The summed E-state index contributed by atoms with van der Waals surface area (Å²) in [5, 5.41) is 12.7. The van der Waals surface area contributed by atoms with Crippen molar-refractivity contribution >= 4 is 11.9 Å². The smallest absolute Gasteiger partial charge is 0.295 e. The summed E-state index contributed by atoms with van der Waals surface area (Å²) in [7, 11) is 0. The molecule has 0 aliphatic heterocycles. The van der Waals surface area contributed by atoms with Crippen molar-refractivity contribution in [2.75, 3.05) is 24.2 Å². The van der Waals surface area contributed by atoms with Gasteiger partial charge in [-0.3, -0.25) is 9.59 Å². The van der Waals surface area contributed by atoms with Crippen molar-refractivity contribution in [1.29, 1.82) is 0 Å². The Morgan fingerprint density at radius 3 is 2.75 bits per heavy atom. The monoisotopic (exact) mass is 226 g/mol. The second kappa shape index (κ2) is 5.10. The van der Waals surface area contributed by atoms with Crippen molar-refractivity contribution in [2.45, 2.75) is 13.8 Å². The lowest BCUT2D eigenvalue weighted by Gasteiger charge is -2.08. The van der Waals surface area contributed by atoms with Gasteiger partial charge in [0.15, 0.2) is 0 Å². The van der Waals surface area contributed by atoms with Crippen LogP contribution in [0, 0.1) is 6.92 Å². The van der Waals surface area contributed by atoms with Gasteiger partial charge in [0.25, 0.3) is 5.56 Å². The maximum Gasteiger partial charge on any atom is 0.295 e. The summed E-state index contributed by atoms with van der Waals surface area (Å²) in [6.45, 7) is 3.78. The van der Waals surface area contributed by atoms with Crippen LogP contribution in [0.3, 0.4) is 0 Å². The molecule has 4 N–H and O–H groups in total. The fraction of sp³-hybridized carbons (Fsp3) is 0.500. The number of nitrogens with two attached hydrogens (primary N) is 1. The number of aryl methyl sites for hydroxylation is 1. The summed E-state index contributed by atoms with van der Waals surface area (Å²) in [6, 6.07) is 0. The van der Waals surface area contributed by atoms with Crippen molar-refractivity contribution in [3.8, 4) is 0 Å². The number of hydrogen-bond donors (Lipinski definition) is 3. The van der Waals surface area contributed by atoms with Crippen LogP contribution in [0.1, 0.15) is 12.6 Å². The highest BCUT2D eigenvalue weighted by atomic mass is 16.1. The average molecular weight is 226 g/mol. The Labute approximate surface area is 91.8 Å². The standard InChI is InChI=1S/C8H14N6O2/c1-5-7(16)14(9)8(13-12-5)11-4-3-10-6(2)15/h3-4,9H2,1-2H3,(H,10,15)(H,11,13). The summed E-state index contributed by atoms with van der Waals surface area (Å²) in [6.07, 6.45) is 0. The van der Waals surface area contributed by atoms with Crippen molar-refractivity contribution in [1.82, 2.24) is 20.2 Å². The normalized spacial score (nSPS) is 9.88. The maximum absolute atomic E-state index is 11.4. The van der Waals surface area contributed by atoms with Gasteiger partial charge in [-0.2, -0.15) is 4.68 Å². The quantitative estimate of drug-likeness (QED) is 0.412. The van der Waals surface area contributed by atoms with E-state index >= 15 is 0 Å². The molecule has 0 fully saturated rings. The molecule has 0 bridgehead atoms. The fourth-order valence-electron chi connectivity index (χ4n) is 1.02. The van der Waals surface area contributed by atoms with E-state index in [0.29, 0.717) is 13.1 Å². The van der Waals surface area contributed by atoms with Crippen LogP contribution in [-0.4, -0.2) is 33.9 Å². The highest BCUT2D eigenvalue weighted by molar-refractivity contribution is 5.72. The molecule has 0 radical (unpaired) electrons. The molecule has 8 nitrogen and oxygen atoms in total. The highest BCUT2D eigenvalue weighted by Gasteiger charge is 2.05. The van der Waals surface area contributed by atoms with Gasteiger partial charge in [-0.05, 0) is 6.92 Å². The molecule has 1 aromatic heterocycles. The second-order valence-corrected chi connectivity index (χ2v) is 3.19. The van der Waals surface area contributed by atoms with Crippen LogP contribution in [0.2, 0.25) is 0 Å². The zero-order valence-electron chi connectivity index (χ0n) is 9.15. The van der Waals surface area contributed by atoms with E-state index in [1.165, 1.54) is 13.8 Å². The van der Waals surface area contributed by atoms with E-state index in [-0.39, 0.29) is 17.5 Å². The number of nitrogens with one attached hydrogen (secondary N) is 2. The number of carbonyl (C=O) groups excluding carboxylic acids is 1. The number of nitrogen functional groups attached to an aromatic ring is 1. The predicted molar refractivity (Wildman–Crippen MR) is 58.4 cm³/mol. The molecule has 0 saturated carbocycles. The number of nitrogens with zero attached hydrogens (tertiary/aromatic N) is 3. The van der Waals surface area contributed by atoms with Gasteiger partial charge in [0.1, 0.15) is 5.69 Å². The third-order valence-corrected chi connectivity index (χ3v) is 1.83. The Morgan fingerprint density at radius 2 is 2.12 bits per heavy atom. The van der Waals surface area contributed by atoms with Crippen LogP contribution < -0.4 is 22.0 Å². The Bertz CT molecular complexity index is 441. The molecule has 1 heterocycles. The Morgan fingerprint density at radius 1 is 1.44 bits per heavy atom. The van der Waals surface area contributed by atoms with Gasteiger partial charge >= 0.3 is 0 Å². The number of rotatable bonds is 4.